The molecule has 2 N–H and O–H groups in total. The van der Waals surface area contributed by atoms with Gasteiger partial charge in [0.2, 0.25) is 5.56 Å². The lowest BCUT2D eigenvalue weighted by molar-refractivity contribution is 0.481. The molecular weight excluding hydrogens is 427 g/mol. The van der Waals surface area contributed by atoms with Crippen molar-refractivity contribution in [3.8, 4) is 0 Å². The van der Waals surface area contributed by atoms with Crippen LogP contribution in [-0.4, -0.2) is 30.7 Å². The molecule has 0 aliphatic heterocycles. The average molecular weight is 460 g/mol. The summed E-state index contributed by atoms with van der Waals surface area (Å²) in [5, 5.41) is 6.75. The van der Waals surface area contributed by atoms with E-state index < -0.39 is 0 Å². The molecule has 1 aromatic rings. The second-order valence-electron chi connectivity index (χ2n) is 6.66. The Morgan fingerprint density at radius 3 is 2.56 bits per heavy atom. The molecule has 1 aliphatic rings. The van der Waals surface area contributed by atoms with E-state index in [-0.39, 0.29) is 29.5 Å². The van der Waals surface area contributed by atoms with Gasteiger partial charge in [0.05, 0.1) is 0 Å². The summed E-state index contributed by atoms with van der Waals surface area (Å²) in [5.41, 5.74) is 0.0743. The van der Waals surface area contributed by atoms with Gasteiger partial charge in [-0.1, -0.05) is 31.7 Å². The summed E-state index contributed by atoms with van der Waals surface area (Å²) in [4.78, 5) is 15.9. The van der Waals surface area contributed by atoms with Crippen molar-refractivity contribution in [2.45, 2.75) is 57.9 Å². The van der Waals surface area contributed by atoms with Crippen LogP contribution in [0.1, 0.15) is 51.4 Å². The van der Waals surface area contributed by atoms with Crippen molar-refractivity contribution in [2.75, 3.05) is 20.1 Å². The maximum atomic E-state index is 11.6. The van der Waals surface area contributed by atoms with Gasteiger partial charge in [0.15, 0.2) is 5.96 Å². The molecule has 25 heavy (non-hydrogen) atoms. The second-order valence-corrected chi connectivity index (χ2v) is 6.66. The molecule has 0 unspecified atom stereocenters. The summed E-state index contributed by atoms with van der Waals surface area (Å²) in [6, 6.07) is 5.29. The molecule has 0 amide bonds. The van der Waals surface area contributed by atoms with Gasteiger partial charge in [0.25, 0.3) is 0 Å². The molecule has 142 valence electrons. The Labute approximate surface area is 168 Å². The van der Waals surface area contributed by atoms with Gasteiger partial charge in [-0.2, -0.15) is 0 Å². The third-order valence-corrected chi connectivity index (χ3v) is 4.80. The molecule has 1 heterocycles. The highest BCUT2D eigenvalue weighted by molar-refractivity contribution is 14.0. The van der Waals surface area contributed by atoms with E-state index in [0.29, 0.717) is 0 Å². The van der Waals surface area contributed by atoms with Gasteiger partial charge in [-0.15, -0.1) is 24.0 Å². The van der Waals surface area contributed by atoms with Crippen molar-refractivity contribution in [3.05, 3.63) is 34.7 Å². The molecule has 0 aromatic carbocycles. The summed E-state index contributed by atoms with van der Waals surface area (Å²) in [6.45, 7) is 2.65. The number of guanidine groups is 1. The monoisotopic (exact) mass is 460 g/mol. The van der Waals surface area contributed by atoms with Gasteiger partial charge in [-0.05, 0) is 37.7 Å². The van der Waals surface area contributed by atoms with Crippen LogP contribution in [0.4, 0.5) is 0 Å². The molecule has 0 radical (unpaired) electrons. The van der Waals surface area contributed by atoms with Crippen molar-refractivity contribution < 1.29 is 0 Å². The molecule has 2 rings (SSSR count). The lowest BCUT2D eigenvalue weighted by Crippen LogP contribution is -2.38. The Balaban J connectivity index is 0.00000312. The van der Waals surface area contributed by atoms with Crippen LogP contribution in [0, 0.1) is 5.92 Å². The Morgan fingerprint density at radius 1 is 1.16 bits per heavy atom. The van der Waals surface area contributed by atoms with Crippen LogP contribution in [0.2, 0.25) is 0 Å². The number of aryl methyl sites for hydroxylation is 1. The van der Waals surface area contributed by atoms with Crippen molar-refractivity contribution >= 4 is 29.9 Å². The first-order valence-corrected chi connectivity index (χ1v) is 9.39. The van der Waals surface area contributed by atoms with E-state index in [9.17, 15) is 4.79 Å². The summed E-state index contributed by atoms with van der Waals surface area (Å²) in [5.74, 6) is 1.85. The number of pyridine rings is 1. The Bertz CT molecular complexity index is 552. The largest absolute Gasteiger partial charge is 0.356 e. The van der Waals surface area contributed by atoms with Gasteiger partial charge in [0.1, 0.15) is 0 Å². The number of hydrogen-bond acceptors (Lipinski definition) is 2. The second kappa shape index (κ2) is 13.2. The lowest BCUT2D eigenvalue weighted by atomic mass is 10.0. The standard InChI is InChI=1S/C19H32N4O.HI/c1-20-19(22-14-8-11-17-9-2-3-10-17)21-13-5-7-16-23-15-6-4-12-18(23)24;/h4,6,12,15,17H,2-3,5,7-11,13-14,16H2,1H3,(H2,20,21,22);1H. The molecular formula is C19H33IN4O. The number of halogens is 1. The van der Waals surface area contributed by atoms with Gasteiger partial charge in [-0.25, -0.2) is 0 Å². The van der Waals surface area contributed by atoms with Crippen LogP contribution >= 0.6 is 24.0 Å². The van der Waals surface area contributed by atoms with Gasteiger partial charge in [0, 0.05) is 38.9 Å². The third kappa shape index (κ3) is 8.74. The molecule has 6 heteroatoms. The highest BCUT2D eigenvalue weighted by Crippen LogP contribution is 2.28. The Hall–Kier alpha value is -1.05. The molecule has 1 aliphatic carbocycles. The zero-order chi connectivity index (χ0) is 17.0. The van der Waals surface area contributed by atoms with Crippen LogP contribution < -0.4 is 16.2 Å². The number of hydrogen-bond donors (Lipinski definition) is 2. The van der Waals surface area contributed by atoms with Crippen molar-refractivity contribution in [1.82, 2.24) is 15.2 Å². The molecule has 1 aromatic heterocycles. The van der Waals surface area contributed by atoms with Crippen molar-refractivity contribution in [2.24, 2.45) is 10.9 Å². The summed E-state index contributed by atoms with van der Waals surface area (Å²) in [6.07, 6.45) is 12.1. The number of unbranched alkanes of at least 4 members (excludes halogenated alkanes) is 1. The maximum Gasteiger partial charge on any atom is 0.250 e. The van der Waals surface area contributed by atoms with Crippen molar-refractivity contribution in [1.29, 1.82) is 0 Å². The van der Waals surface area contributed by atoms with Crippen LogP contribution in [-0.2, 0) is 6.54 Å². The minimum atomic E-state index is 0. The lowest BCUT2D eigenvalue weighted by Gasteiger charge is -2.13. The molecule has 0 spiro atoms. The molecule has 1 fully saturated rings. The molecule has 1 saturated carbocycles. The fourth-order valence-corrected chi connectivity index (χ4v) is 3.38. The molecule has 0 atom stereocenters. The van der Waals surface area contributed by atoms with E-state index in [4.69, 9.17) is 0 Å². The van der Waals surface area contributed by atoms with Gasteiger partial charge < -0.3 is 15.2 Å². The molecule has 0 bridgehead atoms. The number of aliphatic imine (C=N–C) groups is 1. The maximum absolute atomic E-state index is 11.6. The first-order chi connectivity index (χ1) is 11.8. The highest BCUT2D eigenvalue weighted by Gasteiger charge is 2.13. The van der Waals surface area contributed by atoms with Gasteiger partial charge >= 0.3 is 0 Å². The normalized spacial score (nSPS) is 15.0. The smallest absolute Gasteiger partial charge is 0.250 e. The minimum absolute atomic E-state index is 0. The third-order valence-electron chi connectivity index (χ3n) is 4.80. The number of nitrogens with zero attached hydrogens (tertiary/aromatic N) is 2. The van der Waals surface area contributed by atoms with E-state index in [1.54, 1.807) is 16.7 Å². The van der Waals surface area contributed by atoms with Crippen LogP contribution in [0.5, 0.6) is 0 Å². The predicted octanol–water partition coefficient (Wildman–Crippen LogP) is 3.38. The van der Waals surface area contributed by atoms with E-state index >= 15 is 0 Å². The summed E-state index contributed by atoms with van der Waals surface area (Å²) < 4.78 is 1.76. The number of rotatable bonds is 9. The van der Waals surface area contributed by atoms with Crippen LogP contribution in [0.15, 0.2) is 34.2 Å². The van der Waals surface area contributed by atoms with E-state index in [0.717, 1.165) is 44.4 Å². The Morgan fingerprint density at radius 2 is 1.88 bits per heavy atom. The summed E-state index contributed by atoms with van der Waals surface area (Å²) in [7, 11) is 1.82. The highest BCUT2D eigenvalue weighted by atomic mass is 127. The van der Waals surface area contributed by atoms with Crippen molar-refractivity contribution in [3.63, 3.8) is 0 Å². The average Bonchev–Trinajstić information content (AvgIpc) is 3.11. The number of aromatic nitrogens is 1. The molecule has 5 nitrogen and oxygen atoms in total. The van der Waals surface area contributed by atoms with E-state index in [1.165, 1.54) is 38.5 Å². The zero-order valence-corrected chi connectivity index (χ0v) is 17.7. The zero-order valence-electron chi connectivity index (χ0n) is 15.4. The minimum Gasteiger partial charge on any atom is -0.356 e. The fraction of sp³-hybridized carbons (Fsp3) is 0.684. The predicted molar refractivity (Wildman–Crippen MR) is 116 cm³/mol. The fourth-order valence-electron chi connectivity index (χ4n) is 3.38. The number of nitrogens with one attached hydrogen (secondary N) is 2. The summed E-state index contributed by atoms with van der Waals surface area (Å²) >= 11 is 0. The first-order valence-electron chi connectivity index (χ1n) is 9.39. The van der Waals surface area contributed by atoms with Gasteiger partial charge in [-0.3, -0.25) is 9.79 Å². The quantitative estimate of drug-likeness (QED) is 0.257. The first kappa shape index (κ1) is 22.0. The molecule has 0 saturated heterocycles. The van der Waals surface area contributed by atoms with E-state index in [1.807, 2.05) is 19.3 Å². The van der Waals surface area contributed by atoms with Crippen LogP contribution in [0.3, 0.4) is 0 Å². The Kier molecular flexibility index (Phi) is 11.6. The van der Waals surface area contributed by atoms with E-state index in [2.05, 4.69) is 15.6 Å². The topological polar surface area (TPSA) is 58.4 Å². The SMILES string of the molecule is CN=C(NCCCCn1ccccc1=O)NCCCC1CCCC1.I. The van der Waals surface area contributed by atoms with Crippen LogP contribution in [0.25, 0.3) is 0 Å².